The second-order valence-corrected chi connectivity index (χ2v) is 8.42. The highest BCUT2D eigenvalue weighted by Crippen LogP contribution is 2.31. The number of carbonyl (C=O) groups excluding carboxylic acids is 2. The molecule has 0 fully saturated rings. The molecule has 38 heavy (non-hydrogen) atoms. The number of benzene rings is 2. The molecular weight excluding hydrogens is 502 g/mol. The van der Waals surface area contributed by atoms with E-state index in [1.165, 1.54) is 12.3 Å². The van der Waals surface area contributed by atoms with Gasteiger partial charge in [0.25, 0.3) is 11.8 Å². The lowest BCUT2D eigenvalue weighted by Crippen LogP contribution is -2.18. The molecule has 7 nitrogen and oxygen atoms in total. The summed E-state index contributed by atoms with van der Waals surface area (Å²) in [5.74, 6) is -2.43. The van der Waals surface area contributed by atoms with Crippen LogP contribution in [0.5, 0.6) is 0 Å². The summed E-state index contributed by atoms with van der Waals surface area (Å²) in [6.45, 7) is 3.68. The minimum atomic E-state index is -4.85. The van der Waals surface area contributed by atoms with Gasteiger partial charge in [-0.05, 0) is 61.4 Å². The van der Waals surface area contributed by atoms with Gasteiger partial charge in [-0.1, -0.05) is 24.3 Å². The number of aromatic nitrogens is 2. The van der Waals surface area contributed by atoms with Crippen LogP contribution in [0.1, 0.15) is 37.4 Å². The second-order valence-electron chi connectivity index (χ2n) is 8.42. The minimum absolute atomic E-state index is 0.0133. The molecule has 0 bridgehead atoms. The van der Waals surface area contributed by atoms with Crippen LogP contribution in [0.2, 0.25) is 0 Å². The maximum atomic E-state index is 13.9. The van der Waals surface area contributed by atoms with E-state index < -0.39 is 34.9 Å². The molecule has 0 spiro atoms. The third kappa shape index (κ3) is 6.30. The van der Waals surface area contributed by atoms with Crippen molar-refractivity contribution in [1.29, 1.82) is 0 Å². The zero-order chi connectivity index (χ0) is 27.4. The van der Waals surface area contributed by atoms with Gasteiger partial charge in [-0.2, -0.15) is 13.2 Å². The number of para-hydroxylation sites is 1. The first kappa shape index (κ1) is 26.3. The summed E-state index contributed by atoms with van der Waals surface area (Å²) < 4.78 is 53.4. The maximum Gasteiger partial charge on any atom is 0.416 e. The fourth-order valence-corrected chi connectivity index (χ4v) is 3.43. The number of nitrogens with zero attached hydrogens (tertiary/aromatic N) is 2. The van der Waals surface area contributed by atoms with Gasteiger partial charge in [0.2, 0.25) is 0 Å². The summed E-state index contributed by atoms with van der Waals surface area (Å²) in [7, 11) is 0. The van der Waals surface area contributed by atoms with Crippen molar-refractivity contribution < 1.29 is 27.2 Å². The van der Waals surface area contributed by atoms with Crippen LogP contribution in [0.25, 0.3) is 0 Å². The lowest BCUT2D eigenvalue weighted by molar-refractivity contribution is -0.137. The number of carbonyl (C=O) groups is 2. The van der Waals surface area contributed by atoms with Crippen molar-refractivity contribution in [2.75, 3.05) is 16.0 Å². The van der Waals surface area contributed by atoms with Gasteiger partial charge in [0, 0.05) is 23.6 Å². The molecule has 0 saturated heterocycles. The van der Waals surface area contributed by atoms with E-state index in [-0.39, 0.29) is 22.9 Å². The molecule has 2 heterocycles. The normalized spacial score (nSPS) is 11.1. The van der Waals surface area contributed by atoms with E-state index in [4.69, 9.17) is 0 Å². The molecule has 0 aliphatic carbocycles. The summed E-state index contributed by atoms with van der Waals surface area (Å²) in [5.41, 5.74) is 0.539. The zero-order valence-corrected chi connectivity index (χ0v) is 20.2. The fraction of sp³-hybridized carbons (Fsp3) is 0.111. The van der Waals surface area contributed by atoms with Crippen LogP contribution in [0.4, 0.5) is 40.6 Å². The molecule has 0 unspecified atom stereocenters. The largest absolute Gasteiger partial charge is 0.416 e. The van der Waals surface area contributed by atoms with Crippen LogP contribution in [0.3, 0.4) is 0 Å². The first-order valence-electron chi connectivity index (χ1n) is 11.3. The van der Waals surface area contributed by atoms with Crippen molar-refractivity contribution in [3.63, 3.8) is 0 Å². The highest BCUT2D eigenvalue weighted by atomic mass is 19.4. The molecule has 4 rings (SSSR count). The van der Waals surface area contributed by atoms with E-state index in [9.17, 15) is 27.2 Å². The minimum Gasteiger partial charge on any atom is -0.338 e. The van der Waals surface area contributed by atoms with Crippen molar-refractivity contribution in [2.24, 2.45) is 0 Å². The molecule has 4 aromatic rings. The van der Waals surface area contributed by atoms with E-state index in [0.29, 0.717) is 23.9 Å². The quantitative estimate of drug-likeness (QED) is 0.251. The predicted molar refractivity (Wildman–Crippen MR) is 135 cm³/mol. The Labute approximate surface area is 215 Å². The number of nitrogens with one attached hydrogen (secondary N) is 3. The lowest BCUT2D eigenvalue weighted by Gasteiger charge is -2.16. The van der Waals surface area contributed by atoms with Gasteiger partial charge in [-0.3, -0.25) is 9.59 Å². The van der Waals surface area contributed by atoms with Gasteiger partial charge in [-0.15, -0.1) is 0 Å². The molecule has 0 aliphatic rings. The number of amides is 2. The Morgan fingerprint density at radius 2 is 1.53 bits per heavy atom. The van der Waals surface area contributed by atoms with E-state index in [1.807, 2.05) is 26.0 Å². The second kappa shape index (κ2) is 10.7. The Morgan fingerprint density at radius 1 is 0.789 bits per heavy atom. The molecule has 0 saturated carbocycles. The fourth-order valence-electron chi connectivity index (χ4n) is 3.43. The number of anilines is 4. The molecule has 0 radical (unpaired) electrons. The average molecular weight is 523 g/mol. The molecule has 3 N–H and O–H groups in total. The Balaban J connectivity index is 1.68. The molecule has 0 atom stereocenters. The Kier molecular flexibility index (Phi) is 7.38. The third-order valence-electron chi connectivity index (χ3n) is 5.44. The Hall–Kier alpha value is -4.80. The van der Waals surface area contributed by atoms with Gasteiger partial charge in [0.15, 0.2) is 5.82 Å². The van der Waals surface area contributed by atoms with Crippen molar-refractivity contribution in [3.05, 3.63) is 107 Å². The van der Waals surface area contributed by atoms with Crippen LogP contribution in [0.15, 0.2) is 73.1 Å². The van der Waals surface area contributed by atoms with Gasteiger partial charge in [-0.25, -0.2) is 14.4 Å². The van der Waals surface area contributed by atoms with E-state index in [0.717, 1.165) is 11.1 Å². The zero-order valence-electron chi connectivity index (χ0n) is 20.2. The van der Waals surface area contributed by atoms with Crippen molar-refractivity contribution >= 4 is 34.8 Å². The van der Waals surface area contributed by atoms with Crippen LogP contribution in [-0.2, 0) is 6.18 Å². The first-order valence-corrected chi connectivity index (χ1v) is 11.3. The standard InChI is InChI=1S/C27H21F4N5O2/c1-15-7-8-23(32-13-15)36-26(38)18-11-22(24(33-14-18)34-21-6-4-3-5-16(21)2)35-25(37)17-9-19(27(29,30)31)12-20(28)10-17/h3-14H,1-2H3,(H,33,34)(H,35,37)(H,32,36,38). The van der Waals surface area contributed by atoms with Crippen molar-refractivity contribution in [1.82, 2.24) is 9.97 Å². The smallest absolute Gasteiger partial charge is 0.338 e. The summed E-state index contributed by atoms with van der Waals surface area (Å²) in [6.07, 6.45) is -2.01. The van der Waals surface area contributed by atoms with E-state index >= 15 is 0 Å². The lowest BCUT2D eigenvalue weighted by atomic mass is 10.1. The molecule has 11 heteroatoms. The summed E-state index contributed by atoms with van der Waals surface area (Å²) in [5, 5.41) is 8.10. The van der Waals surface area contributed by atoms with Crippen molar-refractivity contribution in [2.45, 2.75) is 20.0 Å². The van der Waals surface area contributed by atoms with Crippen molar-refractivity contribution in [3.8, 4) is 0 Å². The monoisotopic (exact) mass is 523 g/mol. The van der Waals surface area contributed by atoms with Crippen LogP contribution in [0, 0.1) is 19.7 Å². The third-order valence-corrected chi connectivity index (χ3v) is 5.44. The number of alkyl halides is 3. The van der Waals surface area contributed by atoms with Crippen LogP contribution >= 0.6 is 0 Å². The maximum absolute atomic E-state index is 13.9. The van der Waals surface area contributed by atoms with Crippen LogP contribution in [-0.4, -0.2) is 21.8 Å². The molecular formula is C27H21F4N5O2. The number of pyridine rings is 2. The van der Waals surface area contributed by atoms with E-state index in [1.54, 1.807) is 30.5 Å². The Bertz CT molecular complexity index is 1500. The number of rotatable bonds is 6. The molecule has 194 valence electrons. The molecule has 0 aliphatic heterocycles. The summed E-state index contributed by atoms with van der Waals surface area (Å²) in [4.78, 5) is 34.1. The van der Waals surface area contributed by atoms with Gasteiger partial charge in [0.05, 0.1) is 16.8 Å². The molecule has 2 aromatic carbocycles. The van der Waals surface area contributed by atoms with Gasteiger partial charge < -0.3 is 16.0 Å². The highest BCUT2D eigenvalue weighted by Gasteiger charge is 2.32. The number of hydrogen-bond donors (Lipinski definition) is 3. The SMILES string of the molecule is Cc1ccc(NC(=O)c2cnc(Nc3ccccc3C)c(NC(=O)c3cc(F)cc(C(F)(F)F)c3)c2)nc1. The first-order chi connectivity index (χ1) is 18.0. The van der Waals surface area contributed by atoms with E-state index in [2.05, 4.69) is 25.9 Å². The topological polar surface area (TPSA) is 96.0 Å². The van der Waals surface area contributed by atoms with Crippen LogP contribution < -0.4 is 16.0 Å². The summed E-state index contributed by atoms with van der Waals surface area (Å²) >= 11 is 0. The van der Waals surface area contributed by atoms with Gasteiger partial charge in [0.1, 0.15) is 11.6 Å². The predicted octanol–water partition coefficient (Wildman–Crippen LogP) is 6.50. The average Bonchev–Trinajstić information content (AvgIpc) is 2.86. The number of aryl methyl sites for hydroxylation is 2. The number of halogens is 4. The van der Waals surface area contributed by atoms with Gasteiger partial charge >= 0.3 is 6.18 Å². The number of hydrogen-bond acceptors (Lipinski definition) is 5. The highest BCUT2D eigenvalue weighted by molar-refractivity contribution is 6.08. The summed E-state index contributed by atoms with van der Waals surface area (Å²) in [6, 6.07) is 13.4. The Morgan fingerprint density at radius 3 is 2.21 bits per heavy atom. The molecule has 2 amide bonds. The molecule has 2 aromatic heterocycles.